The average Bonchev–Trinajstić information content (AvgIpc) is 3.23. The minimum Gasteiger partial charge on any atom is -0.298 e. The van der Waals surface area contributed by atoms with Crippen molar-refractivity contribution in [2.24, 2.45) is 4.99 Å². The van der Waals surface area contributed by atoms with Crippen LogP contribution in [0.15, 0.2) is 96.0 Å². The zero-order valence-electron chi connectivity index (χ0n) is 24.0. The Morgan fingerprint density at radius 2 is 1.38 bits per heavy atom. The van der Waals surface area contributed by atoms with Crippen molar-refractivity contribution in [3.05, 3.63) is 119 Å². The van der Waals surface area contributed by atoms with Crippen LogP contribution in [-0.2, 0) is 10.2 Å². The van der Waals surface area contributed by atoms with E-state index >= 15 is 0 Å². The van der Waals surface area contributed by atoms with Crippen LogP contribution in [0.4, 0.5) is 0 Å². The Kier molecular flexibility index (Phi) is 7.93. The first kappa shape index (κ1) is 27.5. The van der Waals surface area contributed by atoms with Gasteiger partial charge in [0.1, 0.15) is 5.71 Å². The maximum atomic E-state index is 14.5. The van der Waals surface area contributed by atoms with Crippen molar-refractivity contribution in [1.82, 2.24) is 0 Å². The SMILES string of the molecule is CCCC1(CCC)c2ccccc2-c2ccc(C(=O)/C(=N\CC(C)=O)c3c(C)cccc3-c3ccccc3)cc21. The Bertz CT molecular complexity index is 1590. The van der Waals surface area contributed by atoms with Crippen LogP contribution in [0.1, 0.15) is 79.1 Å². The summed E-state index contributed by atoms with van der Waals surface area (Å²) in [6.45, 7) is 7.96. The predicted molar refractivity (Wildman–Crippen MR) is 166 cm³/mol. The van der Waals surface area contributed by atoms with Crippen molar-refractivity contribution in [2.45, 2.75) is 58.8 Å². The van der Waals surface area contributed by atoms with Crippen LogP contribution in [0.25, 0.3) is 22.3 Å². The van der Waals surface area contributed by atoms with E-state index in [9.17, 15) is 9.59 Å². The number of hydrogen-bond acceptors (Lipinski definition) is 3. The van der Waals surface area contributed by atoms with Crippen LogP contribution in [0.5, 0.6) is 0 Å². The highest BCUT2D eigenvalue weighted by Gasteiger charge is 2.42. The lowest BCUT2D eigenvalue weighted by Crippen LogP contribution is -2.26. The van der Waals surface area contributed by atoms with Gasteiger partial charge in [-0.2, -0.15) is 0 Å². The first-order chi connectivity index (χ1) is 19.4. The standard InChI is InChI=1S/C37H37NO2/c1-5-21-37(22-6-2)32-18-11-10-16-30(32)31-20-19-28(23-33(31)37)36(40)35(38-24-26(4)39)34-25(3)13-12-17-29(34)27-14-8-7-9-15-27/h7-20,23H,5-6,21-22,24H2,1-4H3/b38-35-. The van der Waals surface area contributed by atoms with Gasteiger partial charge >= 0.3 is 0 Å². The zero-order valence-corrected chi connectivity index (χ0v) is 24.0. The van der Waals surface area contributed by atoms with Gasteiger partial charge < -0.3 is 0 Å². The van der Waals surface area contributed by atoms with Crippen molar-refractivity contribution in [1.29, 1.82) is 0 Å². The van der Waals surface area contributed by atoms with E-state index in [0.29, 0.717) is 11.3 Å². The first-order valence-corrected chi connectivity index (χ1v) is 14.4. The Balaban J connectivity index is 1.69. The molecule has 0 atom stereocenters. The largest absolute Gasteiger partial charge is 0.298 e. The summed E-state index contributed by atoms with van der Waals surface area (Å²) < 4.78 is 0. The molecule has 202 valence electrons. The molecule has 0 N–H and O–H groups in total. The van der Waals surface area contributed by atoms with E-state index in [1.807, 2.05) is 61.5 Å². The smallest absolute Gasteiger partial charge is 0.211 e. The Labute approximate surface area is 238 Å². The van der Waals surface area contributed by atoms with Gasteiger partial charge in [-0.1, -0.05) is 112 Å². The molecule has 0 fully saturated rings. The lowest BCUT2D eigenvalue weighted by molar-refractivity contribution is -0.115. The molecule has 1 aliphatic rings. The highest BCUT2D eigenvalue weighted by Crippen LogP contribution is 2.53. The van der Waals surface area contributed by atoms with Gasteiger partial charge in [0.05, 0.1) is 6.54 Å². The molecule has 0 saturated carbocycles. The van der Waals surface area contributed by atoms with Gasteiger partial charge in [-0.25, -0.2) is 0 Å². The molecule has 0 aliphatic heterocycles. The van der Waals surface area contributed by atoms with Crippen molar-refractivity contribution in [2.75, 3.05) is 6.54 Å². The number of aliphatic imine (C=N–C) groups is 1. The lowest BCUT2D eigenvalue weighted by Gasteiger charge is -2.32. The van der Waals surface area contributed by atoms with E-state index in [1.165, 1.54) is 29.2 Å². The van der Waals surface area contributed by atoms with E-state index < -0.39 is 0 Å². The third-order valence-corrected chi connectivity index (χ3v) is 8.15. The molecular formula is C37H37NO2. The highest BCUT2D eigenvalue weighted by atomic mass is 16.1. The zero-order chi connectivity index (χ0) is 28.3. The van der Waals surface area contributed by atoms with Gasteiger partial charge in [0.25, 0.3) is 0 Å². The van der Waals surface area contributed by atoms with Crippen LogP contribution >= 0.6 is 0 Å². The third kappa shape index (κ3) is 4.86. The van der Waals surface area contributed by atoms with Gasteiger partial charge in [0.15, 0.2) is 5.78 Å². The number of nitrogens with zero attached hydrogens (tertiary/aromatic N) is 1. The van der Waals surface area contributed by atoms with Crippen molar-refractivity contribution in [3.63, 3.8) is 0 Å². The third-order valence-electron chi connectivity index (χ3n) is 8.15. The van der Waals surface area contributed by atoms with Crippen LogP contribution in [0, 0.1) is 6.92 Å². The molecule has 0 heterocycles. The van der Waals surface area contributed by atoms with E-state index in [2.05, 4.69) is 55.2 Å². The number of benzene rings is 4. The normalized spacial score (nSPS) is 13.6. The van der Waals surface area contributed by atoms with Crippen molar-refractivity contribution in [3.8, 4) is 22.3 Å². The molecule has 0 aromatic heterocycles. The molecule has 1 aliphatic carbocycles. The average molecular weight is 528 g/mol. The van der Waals surface area contributed by atoms with Gasteiger partial charge in [-0.05, 0) is 71.7 Å². The summed E-state index contributed by atoms with van der Waals surface area (Å²) in [5.74, 6) is -0.220. The number of carbonyl (C=O) groups is 2. The predicted octanol–water partition coefficient (Wildman–Crippen LogP) is 8.79. The Morgan fingerprint density at radius 3 is 2.08 bits per heavy atom. The fraction of sp³-hybridized carbons (Fsp3) is 0.270. The second-order valence-corrected chi connectivity index (χ2v) is 10.9. The quantitative estimate of drug-likeness (QED) is 0.153. The molecule has 0 bridgehead atoms. The molecular weight excluding hydrogens is 490 g/mol. The van der Waals surface area contributed by atoms with Gasteiger partial charge in [-0.3, -0.25) is 14.6 Å². The molecule has 3 heteroatoms. The highest BCUT2D eigenvalue weighted by molar-refractivity contribution is 6.52. The Hall–Kier alpha value is -4.11. The number of hydrogen-bond donors (Lipinski definition) is 0. The summed E-state index contributed by atoms with van der Waals surface area (Å²) >= 11 is 0. The van der Waals surface area contributed by atoms with E-state index in [4.69, 9.17) is 0 Å². The molecule has 5 rings (SSSR count). The molecule has 0 saturated heterocycles. The minimum atomic E-state index is -0.145. The molecule has 4 aromatic carbocycles. The number of aryl methyl sites for hydroxylation is 1. The summed E-state index contributed by atoms with van der Waals surface area (Å²) in [5, 5.41) is 0. The summed E-state index contributed by atoms with van der Waals surface area (Å²) in [4.78, 5) is 31.2. The van der Waals surface area contributed by atoms with E-state index in [-0.39, 0.29) is 23.5 Å². The van der Waals surface area contributed by atoms with Crippen LogP contribution in [0.2, 0.25) is 0 Å². The van der Waals surface area contributed by atoms with Gasteiger partial charge in [-0.15, -0.1) is 0 Å². The molecule has 0 unspecified atom stereocenters. The molecule has 3 nitrogen and oxygen atoms in total. The molecule has 0 spiro atoms. The molecule has 0 radical (unpaired) electrons. The topological polar surface area (TPSA) is 46.5 Å². The van der Waals surface area contributed by atoms with Crippen molar-refractivity contribution < 1.29 is 9.59 Å². The van der Waals surface area contributed by atoms with Crippen molar-refractivity contribution >= 4 is 17.3 Å². The first-order valence-electron chi connectivity index (χ1n) is 14.4. The molecule has 40 heavy (non-hydrogen) atoms. The maximum Gasteiger partial charge on any atom is 0.211 e. The summed E-state index contributed by atoms with van der Waals surface area (Å²) in [5.41, 5.74) is 9.65. The minimum absolute atomic E-state index is 0.0321. The maximum absolute atomic E-state index is 14.5. The number of Topliss-reactive ketones (excluding diaryl/α,β-unsaturated/α-hetero) is 2. The van der Waals surface area contributed by atoms with E-state index in [0.717, 1.165) is 47.9 Å². The van der Waals surface area contributed by atoms with Gasteiger partial charge in [0.2, 0.25) is 5.78 Å². The van der Waals surface area contributed by atoms with E-state index in [1.54, 1.807) is 0 Å². The summed E-state index contributed by atoms with van der Waals surface area (Å²) in [7, 11) is 0. The van der Waals surface area contributed by atoms with Gasteiger partial charge in [0, 0.05) is 16.5 Å². The fourth-order valence-corrected chi connectivity index (χ4v) is 6.55. The second-order valence-electron chi connectivity index (χ2n) is 10.9. The number of fused-ring (bicyclic) bond motifs is 3. The number of ketones is 2. The fourth-order valence-electron chi connectivity index (χ4n) is 6.55. The van der Waals surface area contributed by atoms with Crippen LogP contribution in [-0.4, -0.2) is 23.8 Å². The van der Waals surface area contributed by atoms with Crippen LogP contribution in [0.3, 0.4) is 0 Å². The summed E-state index contributed by atoms with van der Waals surface area (Å²) in [6.07, 6.45) is 4.18. The molecule has 0 amide bonds. The summed E-state index contributed by atoms with van der Waals surface area (Å²) in [6, 6.07) is 31.0. The number of rotatable bonds is 10. The Morgan fingerprint density at radius 1 is 0.725 bits per heavy atom. The van der Waals surface area contributed by atoms with Crippen LogP contribution < -0.4 is 0 Å². The second kappa shape index (κ2) is 11.6. The molecule has 4 aromatic rings. The lowest BCUT2D eigenvalue weighted by atomic mass is 9.71. The number of carbonyl (C=O) groups excluding carboxylic acids is 2. The monoisotopic (exact) mass is 527 g/mol.